The van der Waals surface area contributed by atoms with Gasteiger partial charge in [-0.1, -0.05) is 13.8 Å². The number of ether oxygens (including phenoxy) is 1. The van der Waals surface area contributed by atoms with Crippen molar-refractivity contribution < 1.29 is 13.9 Å². The third kappa shape index (κ3) is 3.55. The minimum Gasteiger partial charge on any atom is -0.368 e. The summed E-state index contributed by atoms with van der Waals surface area (Å²) in [7, 11) is 0. The molecule has 1 aliphatic heterocycles. The van der Waals surface area contributed by atoms with Crippen LogP contribution < -0.4 is 5.32 Å². The van der Waals surface area contributed by atoms with Crippen LogP contribution in [-0.2, 0) is 9.53 Å². The van der Waals surface area contributed by atoms with Crippen LogP contribution in [0.25, 0.3) is 16.7 Å². The number of halogens is 1. The largest absolute Gasteiger partial charge is 0.368 e. The fourth-order valence-corrected chi connectivity index (χ4v) is 3.15. The Balaban J connectivity index is 1.64. The number of carbonyl (C=O) groups is 1. The molecule has 0 saturated carbocycles. The maximum absolute atomic E-state index is 14.4. The SMILES string of the molecule is CC(C)c1cnc2nn(-c3cc(NC(=O)C4CCCO4)ccc3F)cc2c1. The molecule has 6 nitrogen and oxygen atoms in total. The van der Waals surface area contributed by atoms with E-state index in [0.717, 1.165) is 17.4 Å². The fourth-order valence-electron chi connectivity index (χ4n) is 3.15. The summed E-state index contributed by atoms with van der Waals surface area (Å²) in [5.74, 6) is -0.292. The zero-order chi connectivity index (χ0) is 19.0. The van der Waals surface area contributed by atoms with Crippen molar-refractivity contribution in [2.75, 3.05) is 11.9 Å². The molecule has 140 valence electrons. The summed E-state index contributed by atoms with van der Waals surface area (Å²) in [5, 5.41) is 8.00. The summed E-state index contributed by atoms with van der Waals surface area (Å²) >= 11 is 0. The van der Waals surface area contributed by atoms with Gasteiger partial charge in [-0.2, -0.15) is 0 Å². The van der Waals surface area contributed by atoms with Crippen molar-refractivity contribution in [1.82, 2.24) is 14.8 Å². The summed E-state index contributed by atoms with van der Waals surface area (Å²) < 4.78 is 21.3. The first-order valence-corrected chi connectivity index (χ1v) is 9.09. The van der Waals surface area contributed by atoms with E-state index in [-0.39, 0.29) is 11.6 Å². The number of rotatable bonds is 4. The minimum absolute atomic E-state index is 0.209. The molecule has 1 unspecified atom stereocenters. The van der Waals surface area contributed by atoms with Crippen LogP contribution in [-0.4, -0.2) is 33.4 Å². The van der Waals surface area contributed by atoms with Crippen LogP contribution in [0.2, 0.25) is 0 Å². The maximum Gasteiger partial charge on any atom is 0.253 e. The molecular formula is C20H21FN4O2. The minimum atomic E-state index is -0.440. The normalized spacial score (nSPS) is 17.0. The Morgan fingerprint density at radius 3 is 2.96 bits per heavy atom. The molecule has 0 spiro atoms. The Bertz CT molecular complexity index is 993. The highest BCUT2D eigenvalue weighted by Crippen LogP contribution is 2.23. The van der Waals surface area contributed by atoms with Crippen LogP contribution in [0.5, 0.6) is 0 Å². The van der Waals surface area contributed by atoms with Gasteiger partial charge >= 0.3 is 0 Å². The standard InChI is InChI=1S/C20H21FN4O2/c1-12(2)13-8-14-11-25(24-19(14)22-10-13)17-9-15(5-6-16(17)21)23-20(26)18-4-3-7-27-18/h5-6,8-12,18H,3-4,7H2,1-2H3,(H,23,26). The molecule has 3 heterocycles. The first kappa shape index (κ1) is 17.6. The molecule has 1 aliphatic rings. The molecule has 1 N–H and O–H groups in total. The Morgan fingerprint density at radius 2 is 2.22 bits per heavy atom. The Labute approximate surface area is 156 Å². The van der Waals surface area contributed by atoms with Gasteiger partial charge in [0.1, 0.15) is 17.6 Å². The van der Waals surface area contributed by atoms with Gasteiger partial charge in [-0.25, -0.2) is 14.1 Å². The second kappa shape index (κ2) is 7.08. The molecule has 0 aliphatic carbocycles. The van der Waals surface area contributed by atoms with Gasteiger partial charge in [0, 0.05) is 30.1 Å². The molecule has 3 aromatic rings. The Kier molecular flexibility index (Phi) is 4.61. The van der Waals surface area contributed by atoms with E-state index in [2.05, 4.69) is 29.2 Å². The van der Waals surface area contributed by atoms with Crippen molar-refractivity contribution in [2.24, 2.45) is 0 Å². The topological polar surface area (TPSA) is 69.0 Å². The van der Waals surface area contributed by atoms with Gasteiger partial charge in [-0.15, -0.1) is 5.10 Å². The van der Waals surface area contributed by atoms with E-state index in [1.165, 1.54) is 16.8 Å². The number of hydrogen-bond donors (Lipinski definition) is 1. The number of fused-ring (bicyclic) bond motifs is 1. The highest BCUT2D eigenvalue weighted by Gasteiger charge is 2.23. The summed E-state index contributed by atoms with van der Waals surface area (Å²) in [6.07, 6.45) is 4.67. The van der Waals surface area contributed by atoms with Gasteiger partial charge < -0.3 is 10.1 Å². The number of pyridine rings is 1. The molecule has 1 saturated heterocycles. The van der Waals surface area contributed by atoms with E-state index in [9.17, 15) is 9.18 Å². The monoisotopic (exact) mass is 368 g/mol. The number of anilines is 1. The van der Waals surface area contributed by atoms with Crippen molar-refractivity contribution >= 4 is 22.6 Å². The van der Waals surface area contributed by atoms with Crippen molar-refractivity contribution in [3.63, 3.8) is 0 Å². The number of nitrogens with zero attached hydrogens (tertiary/aromatic N) is 3. The van der Waals surface area contributed by atoms with Crippen molar-refractivity contribution in [3.05, 3.63) is 48.0 Å². The van der Waals surface area contributed by atoms with E-state index in [4.69, 9.17) is 4.74 Å². The number of carbonyl (C=O) groups excluding carboxylic acids is 1. The summed E-state index contributed by atoms with van der Waals surface area (Å²) in [6, 6.07) is 6.43. The molecule has 7 heteroatoms. The van der Waals surface area contributed by atoms with Gasteiger partial charge in [-0.3, -0.25) is 4.79 Å². The number of hydrogen-bond acceptors (Lipinski definition) is 4. The van der Waals surface area contributed by atoms with Crippen molar-refractivity contribution in [1.29, 1.82) is 0 Å². The van der Waals surface area contributed by atoms with E-state index in [0.29, 0.717) is 30.3 Å². The maximum atomic E-state index is 14.4. The predicted octanol–water partition coefficient (Wildman–Crippen LogP) is 3.80. The van der Waals surface area contributed by atoms with E-state index in [1.807, 2.05) is 6.07 Å². The third-order valence-corrected chi connectivity index (χ3v) is 4.73. The van der Waals surface area contributed by atoms with Crippen LogP contribution in [0.1, 0.15) is 38.2 Å². The lowest BCUT2D eigenvalue weighted by molar-refractivity contribution is -0.124. The van der Waals surface area contributed by atoms with E-state index < -0.39 is 11.9 Å². The van der Waals surface area contributed by atoms with Gasteiger partial charge in [0.15, 0.2) is 5.65 Å². The highest BCUT2D eigenvalue weighted by molar-refractivity contribution is 5.94. The molecule has 0 radical (unpaired) electrons. The second-order valence-electron chi connectivity index (χ2n) is 7.07. The Morgan fingerprint density at radius 1 is 1.37 bits per heavy atom. The first-order chi connectivity index (χ1) is 13.0. The zero-order valence-corrected chi connectivity index (χ0v) is 15.3. The molecule has 1 amide bonds. The lowest BCUT2D eigenvalue weighted by Crippen LogP contribution is -2.26. The van der Waals surface area contributed by atoms with Gasteiger partial charge in [0.25, 0.3) is 5.91 Å². The van der Waals surface area contributed by atoms with Gasteiger partial charge in [0.2, 0.25) is 0 Å². The summed E-state index contributed by atoms with van der Waals surface area (Å²) in [4.78, 5) is 16.6. The predicted molar refractivity (Wildman–Crippen MR) is 101 cm³/mol. The number of amides is 1. The average Bonchev–Trinajstić information content (AvgIpc) is 3.32. The van der Waals surface area contributed by atoms with Crippen LogP contribution >= 0.6 is 0 Å². The van der Waals surface area contributed by atoms with Crippen LogP contribution in [0.3, 0.4) is 0 Å². The number of benzene rings is 1. The molecule has 27 heavy (non-hydrogen) atoms. The van der Waals surface area contributed by atoms with Crippen LogP contribution in [0, 0.1) is 5.82 Å². The number of nitrogens with one attached hydrogen (secondary N) is 1. The Hall–Kier alpha value is -2.80. The highest BCUT2D eigenvalue weighted by atomic mass is 19.1. The smallest absolute Gasteiger partial charge is 0.253 e. The van der Waals surface area contributed by atoms with Gasteiger partial charge in [0.05, 0.1) is 0 Å². The zero-order valence-electron chi connectivity index (χ0n) is 15.3. The molecule has 0 bridgehead atoms. The number of aromatic nitrogens is 3. The molecule has 1 atom stereocenters. The first-order valence-electron chi connectivity index (χ1n) is 9.09. The van der Waals surface area contributed by atoms with Gasteiger partial charge in [-0.05, 0) is 48.6 Å². The third-order valence-electron chi connectivity index (χ3n) is 4.73. The molecular weight excluding hydrogens is 347 g/mol. The lowest BCUT2D eigenvalue weighted by Gasteiger charge is -2.12. The van der Waals surface area contributed by atoms with Crippen LogP contribution in [0.4, 0.5) is 10.1 Å². The molecule has 4 rings (SSSR count). The molecule has 1 fully saturated rings. The molecule has 2 aromatic heterocycles. The van der Waals surface area contributed by atoms with E-state index in [1.54, 1.807) is 18.5 Å². The van der Waals surface area contributed by atoms with Crippen molar-refractivity contribution in [3.8, 4) is 5.69 Å². The lowest BCUT2D eigenvalue weighted by atomic mass is 10.1. The average molecular weight is 368 g/mol. The fraction of sp³-hybridized carbons (Fsp3) is 0.350. The van der Waals surface area contributed by atoms with Crippen molar-refractivity contribution in [2.45, 2.75) is 38.7 Å². The quantitative estimate of drug-likeness (QED) is 0.760. The summed E-state index contributed by atoms with van der Waals surface area (Å²) in [6.45, 7) is 4.78. The van der Waals surface area contributed by atoms with Crippen LogP contribution in [0.15, 0.2) is 36.7 Å². The molecule has 1 aromatic carbocycles. The second-order valence-corrected chi connectivity index (χ2v) is 7.07. The van der Waals surface area contributed by atoms with E-state index >= 15 is 0 Å². The summed E-state index contributed by atoms with van der Waals surface area (Å²) in [5.41, 5.74) is 2.40.